The highest BCUT2D eigenvalue weighted by Crippen LogP contribution is 2.44. The zero-order valence-electron chi connectivity index (χ0n) is 15.3. The van der Waals surface area contributed by atoms with Crippen LogP contribution in [0.4, 0.5) is 4.39 Å². The van der Waals surface area contributed by atoms with Crippen molar-refractivity contribution in [2.75, 3.05) is 0 Å². The predicted octanol–water partition coefficient (Wildman–Crippen LogP) is 5.70. The van der Waals surface area contributed by atoms with Crippen LogP contribution in [0.25, 0.3) is 6.08 Å². The number of fused-ring (bicyclic) bond motifs is 2. The zero-order valence-corrected chi connectivity index (χ0v) is 15.3. The third-order valence-electron chi connectivity index (χ3n) is 5.84. The second kappa shape index (κ2) is 6.09. The van der Waals surface area contributed by atoms with Crippen molar-refractivity contribution in [3.05, 3.63) is 106 Å². The van der Waals surface area contributed by atoms with Crippen LogP contribution < -0.4 is 4.74 Å². The second-order valence-corrected chi connectivity index (χ2v) is 7.62. The van der Waals surface area contributed by atoms with Gasteiger partial charge in [-0.25, -0.2) is 4.39 Å². The summed E-state index contributed by atoms with van der Waals surface area (Å²) in [4.78, 5) is 0. The molecule has 2 aliphatic rings. The molecule has 1 aliphatic carbocycles. The first-order chi connectivity index (χ1) is 13.2. The molecule has 3 aromatic carbocycles. The van der Waals surface area contributed by atoms with Crippen LogP contribution in [0.15, 0.2) is 72.8 Å². The molecule has 0 radical (unpaired) electrons. The monoisotopic (exact) mass is 356 g/mol. The van der Waals surface area contributed by atoms with E-state index in [4.69, 9.17) is 4.74 Å². The highest BCUT2D eigenvalue weighted by molar-refractivity contribution is 5.65. The van der Waals surface area contributed by atoms with Gasteiger partial charge in [-0.15, -0.1) is 0 Å². The van der Waals surface area contributed by atoms with Crippen LogP contribution >= 0.6 is 0 Å². The molecule has 1 aliphatic heterocycles. The highest BCUT2D eigenvalue weighted by atomic mass is 19.1. The molecule has 134 valence electrons. The number of hydrogen-bond donors (Lipinski definition) is 0. The summed E-state index contributed by atoms with van der Waals surface area (Å²) in [6.07, 6.45) is 6.15. The van der Waals surface area contributed by atoms with Gasteiger partial charge in [0.15, 0.2) is 0 Å². The number of halogens is 1. The number of benzene rings is 3. The van der Waals surface area contributed by atoms with Crippen molar-refractivity contribution in [2.45, 2.75) is 31.3 Å². The van der Waals surface area contributed by atoms with Gasteiger partial charge >= 0.3 is 0 Å². The summed E-state index contributed by atoms with van der Waals surface area (Å²) >= 11 is 0. The normalized spacial score (nSPS) is 22.8. The zero-order chi connectivity index (χ0) is 18.4. The van der Waals surface area contributed by atoms with Gasteiger partial charge in [-0.2, -0.15) is 0 Å². The van der Waals surface area contributed by atoms with Crippen molar-refractivity contribution in [1.29, 1.82) is 0 Å². The van der Waals surface area contributed by atoms with Crippen molar-refractivity contribution in [2.24, 2.45) is 0 Å². The van der Waals surface area contributed by atoms with Crippen LogP contribution in [0.2, 0.25) is 0 Å². The van der Waals surface area contributed by atoms with Gasteiger partial charge in [-0.1, -0.05) is 66.7 Å². The van der Waals surface area contributed by atoms with Crippen LogP contribution in [0.3, 0.4) is 0 Å². The van der Waals surface area contributed by atoms with E-state index in [0.717, 1.165) is 29.7 Å². The summed E-state index contributed by atoms with van der Waals surface area (Å²) in [6.45, 7) is 2.09. The maximum Gasteiger partial charge on any atom is 0.127 e. The summed E-state index contributed by atoms with van der Waals surface area (Å²) in [6, 6.07) is 21.9. The maximum absolute atomic E-state index is 15.0. The van der Waals surface area contributed by atoms with E-state index in [1.54, 1.807) is 12.1 Å². The Kier molecular flexibility index (Phi) is 3.68. The van der Waals surface area contributed by atoms with E-state index in [1.165, 1.54) is 16.7 Å². The molecule has 2 unspecified atom stereocenters. The first-order valence-corrected chi connectivity index (χ1v) is 9.48. The van der Waals surface area contributed by atoms with Gasteiger partial charge in [0.1, 0.15) is 17.7 Å². The predicted molar refractivity (Wildman–Crippen MR) is 107 cm³/mol. The largest absolute Gasteiger partial charge is 0.490 e. The van der Waals surface area contributed by atoms with Crippen LogP contribution in [0, 0.1) is 5.82 Å². The molecule has 0 fully saturated rings. The molecule has 0 saturated carbocycles. The van der Waals surface area contributed by atoms with E-state index >= 15 is 0 Å². The van der Waals surface area contributed by atoms with E-state index in [0.29, 0.717) is 0 Å². The molecule has 2 atom stereocenters. The Morgan fingerprint density at radius 2 is 1.78 bits per heavy atom. The van der Waals surface area contributed by atoms with Gasteiger partial charge in [-0.05, 0) is 47.7 Å². The molecule has 0 amide bonds. The van der Waals surface area contributed by atoms with E-state index < -0.39 is 5.41 Å². The lowest BCUT2D eigenvalue weighted by atomic mass is 9.67. The lowest BCUT2D eigenvalue weighted by Crippen LogP contribution is -2.31. The molecular formula is C25H21FO. The molecule has 0 aromatic heterocycles. The third-order valence-corrected chi connectivity index (χ3v) is 5.84. The summed E-state index contributed by atoms with van der Waals surface area (Å²) in [7, 11) is 0. The smallest absolute Gasteiger partial charge is 0.127 e. The number of allylic oxidation sites excluding steroid dienone is 1. The molecule has 0 N–H and O–H groups in total. The van der Waals surface area contributed by atoms with Crippen LogP contribution in [-0.4, -0.2) is 6.10 Å². The average molecular weight is 356 g/mol. The van der Waals surface area contributed by atoms with Gasteiger partial charge in [-0.3, -0.25) is 0 Å². The molecule has 27 heavy (non-hydrogen) atoms. The summed E-state index contributed by atoms with van der Waals surface area (Å²) in [5.74, 6) is 0.793. The molecule has 3 aromatic rings. The fraction of sp³-hybridized carbons (Fsp3) is 0.200. The Balaban J connectivity index is 1.72. The molecule has 0 spiro atoms. The minimum absolute atomic E-state index is 0.161. The first kappa shape index (κ1) is 16.3. The van der Waals surface area contributed by atoms with Crippen LogP contribution in [0.5, 0.6) is 5.75 Å². The highest BCUT2D eigenvalue weighted by Gasteiger charge is 2.37. The second-order valence-electron chi connectivity index (χ2n) is 7.62. The Bertz CT molecular complexity index is 1050. The van der Waals surface area contributed by atoms with Crippen molar-refractivity contribution in [3.8, 4) is 5.75 Å². The average Bonchev–Trinajstić information content (AvgIpc) is 3.07. The molecule has 1 nitrogen and oxygen atoms in total. The Morgan fingerprint density at radius 3 is 2.67 bits per heavy atom. The molecule has 0 saturated heterocycles. The molecule has 2 heteroatoms. The SMILES string of the molecule is CC1Cc2cc(C3(c4ccccc4F)C=Cc4ccccc4C3)ccc2O1. The molecule has 1 heterocycles. The Labute approximate surface area is 159 Å². The van der Waals surface area contributed by atoms with Gasteiger partial charge in [0.05, 0.1) is 0 Å². The van der Waals surface area contributed by atoms with E-state index in [2.05, 4.69) is 49.4 Å². The topological polar surface area (TPSA) is 9.23 Å². The lowest BCUT2D eigenvalue weighted by molar-refractivity contribution is 0.254. The van der Waals surface area contributed by atoms with Gasteiger partial charge in [0, 0.05) is 17.4 Å². The Morgan fingerprint density at radius 1 is 0.963 bits per heavy atom. The standard InChI is InChI=1S/C25H21FO/c1-17-14-20-15-21(10-11-24(20)27-17)25(22-8-4-5-9-23(22)26)13-12-18-6-2-3-7-19(18)16-25/h2-13,15,17H,14,16H2,1H3. The molecule has 5 rings (SSSR count). The molecular weight excluding hydrogens is 335 g/mol. The summed E-state index contributed by atoms with van der Waals surface area (Å²) in [5, 5.41) is 0. The third kappa shape index (κ3) is 2.59. The van der Waals surface area contributed by atoms with Gasteiger partial charge in [0.2, 0.25) is 0 Å². The Hall–Kier alpha value is -2.87. The van der Waals surface area contributed by atoms with Crippen molar-refractivity contribution < 1.29 is 9.13 Å². The fourth-order valence-electron chi connectivity index (χ4n) is 4.51. The van der Waals surface area contributed by atoms with Crippen molar-refractivity contribution >= 4 is 6.08 Å². The van der Waals surface area contributed by atoms with Crippen LogP contribution in [0.1, 0.15) is 34.7 Å². The van der Waals surface area contributed by atoms with E-state index in [1.807, 2.05) is 24.3 Å². The van der Waals surface area contributed by atoms with E-state index in [-0.39, 0.29) is 11.9 Å². The fourth-order valence-corrected chi connectivity index (χ4v) is 4.51. The van der Waals surface area contributed by atoms with Crippen molar-refractivity contribution in [3.63, 3.8) is 0 Å². The lowest BCUT2D eigenvalue weighted by Gasteiger charge is -2.36. The number of hydrogen-bond acceptors (Lipinski definition) is 1. The maximum atomic E-state index is 15.0. The van der Waals surface area contributed by atoms with Crippen molar-refractivity contribution in [1.82, 2.24) is 0 Å². The first-order valence-electron chi connectivity index (χ1n) is 9.48. The minimum atomic E-state index is -0.513. The molecule has 0 bridgehead atoms. The van der Waals surface area contributed by atoms with Crippen LogP contribution in [-0.2, 0) is 18.3 Å². The quantitative estimate of drug-likeness (QED) is 0.572. The number of ether oxygens (including phenoxy) is 1. The van der Waals surface area contributed by atoms with Gasteiger partial charge < -0.3 is 4.74 Å². The minimum Gasteiger partial charge on any atom is -0.490 e. The van der Waals surface area contributed by atoms with E-state index in [9.17, 15) is 4.39 Å². The summed E-state index contributed by atoms with van der Waals surface area (Å²) < 4.78 is 20.8. The number of rotatable bonds is 2. The summed E-state index contributed by atoms with van der Waals surface area (Å²) in [5.41, 5.74) is 5.00. The van der Waals surface area contributed by atoms with Gasteiger partial charge in [0.25, 0.3) is 0 Å².